The number of rotatable bonds is 4. The largest absolute Gasteiger partial charge is 0.496 e. The molecule has 2 aromatic carbocycles. The van der Waals surface area contributed by atoms with Gasteiger partial charge in [-0.25, -0.2) is 4.98 Å². The van der Waals surface area contributed by atoms with Gasteiger partial charge in [0.2, 0.25) is 0 Å². The van der Waals surface area contributed by atoms with Gasteiger partial charge >= 0.3 is 0 Å². The van der Waals surface area contributed by atoms with Crippen LogP contribution in [0.15, 0.2) is 41.2 Å². The molecule has 0 aliphatic carbocycles. The number of nitrogens with one attached hydrogen (secondary N) is 1. The monoisotopic (exact) mass is 444 g/mol. The molecule has 0 unspecified atom stereocenters. The van der Waals surface area contributed by atoms with Crippen LogP contribution in [0.3, 0.4) is 0 Å². The van der Waals surface area contributed by atoms with Gasteiger partial charge in [0.25, 0.3) is 5.56 Å². The lowest BCUT2D eigenvalue weighted by Crippen LogP contribution is -2.12. The predicted molar refractivity (Wildman–Crippen MR) is 121 cm³/mol. The Kier molecular flexibility index (Phi) is 5.38. The number of fused-ring (bicyclic) bond motifs is 1. The number of nitrogens with zero attached hydrogens (tertiary/aromatic N) is 1. The summed E-state index contributed by atoms with van der Waals surface area (Å²) in [6.45, 7) is 4.00. The highest BCUT2D eigenvalue weighted by atomic mass is 35.5. The second kappa shape index (κ2) is 7.82. The van der Waals surface area contributed by atoms with Crippen molar-refractivity contribution in [1.29, 1.82) is 0 Å². The molecule has 4 nitrogen and oxygen atoms in total. The maximum atomic E-state index is 13.0. The highest BCUT2D eigenvalue weighted by molar-refractivity contribution is 7.19. The molecule has 0 saturated heterocycles. The van der Waals surface area contributed by atoms with Gasteiger partial charge in [-0.3, -0.25) is 4.79 Å². The third-order valence-corrected chi connectivity index (χ3v) is 6.43. The quantitative estimate of drug-likeness (QED) is 0.409. The van der Waals surface area contributed by atoms with E-state index < -0.39 is 0 Å². The number of aryl methyl sites for hydroxylation is 2. The van der Waals surface area contributed by atoms with Crippen LogP contribution in [-0.2, 0) is 6.42 Å². The van der Waals surface area contributed by atoms with E-state index in [9.17, 15) is 4.79 Å². The Morgan fingerprint density at radius 1 is 1.14 bits per heavy atom. The molecule has 0 atom stereocenters. The third-order valence-electron chi connectivity index (χ3n) is 4.84. The molecule has 148 valence electrons. The van der Waals surface area contributed by atoms with Crippen LogP contribution in [0.5, 0.6) is 5.75 Å². The highest BCUT2D eigenvalue weighted by Gasteiger charge is 2.18. The Hall–Kier alpha value is -2.34. The van der Waals surface area contributed by atoms with Crippen LogP contribution < -0.4 is 10.3 Å². The van der Waals surface area contributed by atoms with Gasteiger partial charge in [0.15, 0.2) is 0 Å². The summed E-state index contributed by atoms with van der Waals surface area (Å²) in [5.74, 6) is 1.39. The van der Waals surface area contributed by atoms with Gasteiger partial charge in [0.1, 0.15) is 16.4 Å². The Labute approximate surface area is 182 Å². The first-order valence-corrected chi connectivity index (χ1v) is 10.6. The maximum absolute atomic E-state index is 13.0. The van der Waals surface area contributed by atoms with E-state index in [0.717, 1.165) is 37.7 Å². The number of aromatic amines is 1. The van der Waals surface area contributed by atoms with Gasteiger partial charge in [0, 0.05) is 26.9 Å². The van der Waals surface area contributed by atoms with Crippen molar-refractivity contribution in [3.63, 3.8) is 0 Å². The molecule has 0 saturated carbocycles. The normalized spacial score (nSPS) is 11.2. The minimum atomic E-state index is -0.150. The smallest absolute Gasteiger partial charge is 0.260 e. The molecule has 0 aliphatic rings. The van der Waals surface area contributed by atoms with Gasteiger partial charge in [-0.05, 0) is 54.8 Å². The first-order chi connectivity index (χ1) is 13.9. The van der Waals surface area contributed by atoms with Crippen molar-refractivity contribution in [2.45, 2.75) is 20.3 Å². The number of thiophene rings is 1. The van der Waals surface area contributed by atoms with Crippen molar-refractivity contribution in [2.75, 3.05) is 7.11 Å². The van der Waals surface area contributed by atoms with Crippen LogP contribution in [0, 0.1) is 13.8 Å². The predicted octanol–water partition coefficient (Wildman–Crippen LogP) is 6.17. The zero-order valence-electron chi connectivity index (χ0n) is 16.1. The molecule has 0 fully saturated rings. The Morgan fingerprint density at radius 3 is 2.62 bits per heavy atom. The molecule has 29 heavy (non-hydrogen) atoms. The minimum absolute atomic E-state index is 0.150. The van der Waals surface area contributed by atoms with E-state index in [-0.39, 0.29) is 5.56 Å². The lowest BCUT2D eigenvalue weighted by molar-refractivity contribution is 0.412. The van der Waals surface area contributed by atoms with Gasteiger partial charge < -0.3 is 9.72 Å². The lowest BCUT2D eigenvalue weighted by Gasteiger charge is -2.08. The second-order valence-corrected chi connectivity index (χ2v) is 8.87. The van der Waals surface area contributed by atoms with Crippen LogP contribution in [0.1, 0.15) is 21.8 Å². The van der Waals surface area contributed by atoms with Crippen molar-refractivity contribution >= 4 is 44.8 Å². The SMILES string of the molecule is COc1ccc(-c2c(C)sc3nc(Cc4ccc(Cl)cc4Cl)[nH]c(=O)c23)cc1C. The summed E-state index contributed by atoms with van der Waals surface area (Å²) in [6.07, 6.45) is 0.426. The summed E-state index contributed by atoms with van der Waals surface area (Å²) >= 11 is 13.8. The highest BCUT2D eigenvalue weighted by Crippen LogP contribution is 2.37. The summed E-state index contributed by atoms with van der Waals surface area (Å²) < 4.78 is 5.35. The fourth-order valence-electron chi connectivity index (χ4n) is 3.47. The Bertz CT molecular complexity index is 1290. The molecule has 4 aromatic rings. The summed E-state index contributed by atoms with van der Waals surface area (Å²) in [7, 11) is 1.65. The molecule has 0 aliphatic heterocycles. The Balaban J connectivity index is 1.81. The van der Waals surface area contributed by atoms with Crippen molar-refractivity contribution in [1.82, 2.24) is 9.97 Å². The lowest BCUT2D eigenvalue weighted by atomic mass is 10.0. The van der Waals surface area contributed by atoms with E-state index >= 15 is 0 Å². The zero-order chi connectivity index (χ0) is 20.7. The van der Waals surface area contributed by atoms with E-state index in [4.69, 9.17) is 32.9 Å². The number of hydrogen-bond donors (Lipinski definition) is 1. The topological polar surface area (TPSA) is 55.0 Å². The maximum Gasteiger partial charge on any atom is 0.260 e. The minimum Gasteiger partial charge on any atom is -0.496 e. The molecule has 4 rings (SSSR count). The number of methoxy groups -OCH3 is 1. The molecule has 2 heterocycles. The van der Waals surface area contributed by atoms with Crippen molar-refractivity contribution in [3.8, 4) is 16.9 Å². The van der Waals surface area contributed by atoms with Gasteiger partial charge in [-0.2, -0.15) is 0 Å². The fraction of sp³-hybridized carbons (Fsp3) is 0.182. The molecule has 0 spiro atoms. The molecular formula is C22H18Cl2N2O2S. The van der Waals surface area contributed by atoms with Crippen LogP contribution in [0.25, 0.3) is 21.3 Å². The number of aromatic nitrogens is 2. The van der Waals surface area contributed by atoms with Crippen molar-refractivity contribution in [2.24, 2.45) is 0 Å². The average molecular weight is 445 g/mol. The van der Waals surface area contributed by atoms with E-state index in [0.29, 0.717) is 27.7 Å². The zero-order valence-corrected chi connectivity index (χ0v) is 18.4. The second-order valence-electron chi connectivity index (χ2n) is 6.82. The first kappa shape index (κ1) is 20.0. The molecule has 2 aromatic heterocycles. The van der Waals surface area contributed by atoms with E-state index in [1.165, 1.54) is 11.3 Å². The molecule has 0 bridgehead atoms. The standard InChI is InChI=1S/C22H18Cl2N2O2S/c1-11-8-14(5-7-17(11)28-3)19-12(2)29-22-20(19)21(27)25-18(26-22)9-13-4-6-15(23)10-16(13)24/h4-8,10H,9H2,1-3H3,(H,25,26,27). The van der Waals surface area contributed by atoms with Crippen LogP contribution in [0.2, 0.25) is 10.0 Å². The van der Waals surface area contributed by atoms with Gasteiger partial charge in [0.05, 0.1) is 12.5 Å². The number of ether oxygens (including phenoxy) is 1. The average Bonchev–Trinajstić information content (AvgIpc) is 3.00. The van der Waals surface area contributed by atoms with E-state index in [1.807, 2.05) is 38.1 Å². The molecule has 0 amide bonds. The molecule has 1 N–H and O–H groups in total. The van der Waals surface area contributed by atoms with Crippen molar-refractivity contribution < 1.29 is 4.74 Å². The number of benzene rings is 2. The van der Waals surface area contributed by atoms with Crippen LogP contribution in [-0.4, -0.2) is 17.1 Å². The molecular weight excluding hydrogens is 427 g/mol. The Morgan fingerprint density at radius 2 is 1.93 bits per heavy atom. The van der Waals surface area contributed by atoms with E-state index in [1.54, 1.807) is 19.2 Å². The summed E-state index contributed by atoms with van der Waals surface area (Å²) in [6, 6.07) is 11.2. The summed E-state index contributed by atoms with van der Waals surface area (Å²) in [5, 5.41) is 1.74. The van der Waals surface area contributed by atoms with E-state index in [2.05, 4.69) is 4.98 Å². The number of hydrogen-bond acceptors (Lipinski definition) is 4. The van der Waals surface area contributed by atoms with Gasteiger partial charge in [-0.15, -0.1) is 11.3 Å². The van der Waals surface area contributed by atoms with Gasteiger partial charge in [-0.1, -0.05) is 35.3 Å². The van der Waals surface area contributed by atoms with Crippen LogP contribution in [0.4, 0.5) is 0 Å². The van der Waals surface area contributed by atoms with Crippen molar-refractivity contribution in [3.05, 3.63) is 78.6 Å². The molecule has 0 radical (unpaired) electrons. The fourth-order valence-corrected chi connectivity index (χ4v) is 5.01. The van der Waals surface area contributed by atoms with Crippen LogP contribution >= 0.6 is 34.5 Å². The first-order valence-electron chi connectivity index (χ1n) is 8.98. The number of H-pyrrole nitrogens is 1. The third kappa shape index (κ3) is 3.78. The molecule has 7 heteroatoms. The summed E-state index contributed by atoms with van der Waals surface area (Å²) in [5.41, 5.74) is 3.62. The summed E-state index contributed by atoms with van der Waals surface area (Å²) in [4.78, 5) is 22.4. The number of halogens is 2.